The van der Waals surface area contributed by atoms with Gasteiger partial charge in [0, 0.05) is 9.92 Å². The van der Waals surface area contributed by atoms with Crippen LogP contribution in [0.4, 0.5) is 0 Å². The molecule has 0 aromatic heterocycles. The normalized spacial score (nSPS) is 10.6. The first-order chi connectivity index (χ1) is 8.08. The van der Waals surface area contributed by atoms with Crippen LogP contribution in [0.3, 0.4) is 0 Å². The SMILES string of the molecule is CC(C)CCOC(=O)CSc1ccc(Cl)cc1. The van der Waals surface area contributed by atoms with E-state index in [-0.39, 0.29) is 5.97 Å². The van der Waals surface area contributed by atoms with Crippen LogP contribution in [0.15, 0.2) is 29.2 Å². The van der Waals surface area contributed by atoms with Crippen LogP contribution in [-0.4, -0.2) is 18.3 Å². The van der Waals surface area contributed by atoms with Gasteiger partial charge < -0.3 is 4.74 Å². The average Bonchev–Trinajstić information content (AvgIpc) is 2.28. The van der Waals surface area contributed by atoms with Crippen LogP contribution in [0, 0.1) is 5.92 Å². The number of carbonyl (C=O) groups excluding carboxylic acids is 1. The Morgan fingerprint density at radius 1 is 1.35 bits per heavy atom. The lowest BCUT2D eigenvalue weighted by Crippen LogP contribution is -2.09. The van der Waals surface area contributed by atoms with Crippen LogP contribution in [0.5, 0.6) is 0 Å². The fourth-order valence-electron chi connectivity index (χ4n) is 1.12. The quantitative estimate of drug-likeness (QED) is 0.578. The number of carbonyl (C=O) groups is 1. The molecule has 0 fully saturated rings. The predicted octanol–water partition coefficient (Wildman–Crippen LogP) is 4.02. The monoisotopic (exact) mass is 272 g/mol. The van der Waals surface area contributed by atoms with Gasteiger partial charge in [-0.15, -0.1) is 11.8 Å². The summed E-state index contributed by atoms with van der Waals surface area (Å²) in [4.78, 5) is 12.4. The maximum absolute atomic E-state index is 11.4. The van der Waals surface area contributed by atoms with Crippen LogP contribution < -0.4 is 0 Å². The number of rotatable bonds is 6. The van der Waals surface area contributed by atoms with Gasteiger partial charge in [0.1, 0.15) is 0 Å². The summed E-state index contributed by atoms with van der Waals surface area (Å²) in [5, 5.41) is 0.703. The smallest absolute Gasteiger partial charge is 0.316 e. The van der Waals surface area contributed by atoms with Crippen LogP contribution in [0.25, 0.3) is 0 Å². The van der Waals surface area contributed by atoms with Crippen molar-refractivity contribution in [1.29, 1.82) is 0 Å². The van der Waals surface area contributed by atoms with E-state index in [1.165, 1.54) is 11.8 Å². The highest BCUT2D eigenvalue weighted by molar-refractivity contribution is 8.00. The van der Waals surface area contributed by atoms with Gasteiger partial charge in [-0.2, -0.15) is 0 Å². The van der Waals surface area contributed by atoms with Crippen LogP contribution >= 0.6 is 23.4 Å². The zero-order valence-electron chi connectivity index (χ0n) is 10.1. The maximum atomic E-state index is 11.4. The highest BCUT2D eigenvalue weighted by Gasteiger charge is 2.04. The van der Waals surface area contributed by atoms with E-state index in [4.69, 9.17) is 16.3 Å². The first-order valence-electron chi connectivity index (χ1n) is 5.62. The molecule has 0 spiro atoms. The van der Waals surface area contributed by atoms with E-state index in [1.54, 1.807) is 0 Å². The van der Waals surface area contributed by atoms with E-state index >= 15 is 0 Å². The molecule has 2 nitrogen and oxygen atoms in total. The average molecular weight is 273 g/mol. The number of halogens is 1. The molecule has 0 aliphatic rings. The van der Waals surface area contributed by atoms with Gasteiger partial charge >= 0.3 is 5.97 Å². The second kappa shape index (κ2) is 7.62. The minimum Gasteiger partial charge on any atom is -0.465 e. The number of esters is 1. The minimum atomic E-state index is -0.161. The van der Waals surface area contributed by atoms with E-state index in [0.717, 1.165) is 11.3 Å². The molecule has 0 saturated heterocycles. The molecule has 94 valence electrons. The van der Waals surface area contributed by atoms with Crippen molar-refractivity contribution in [3.05, 3.63) is 29.3 Å². The third-order valence-corrected chi connectivity index (χ3v) is 3.37. The summed E-state index contributed by atoms with van der Waals surface area (Å²) < 4.78 is 5.11. The Kier molecular flexibility index (Phi) is 6.45. The summed E-state index contributed by atoms with van der Waals surface area (Å²) in [6.07, 6.45) is 0.914. The Labute approximate surface area is 112 Å². The van der Waals surface area contributed by atoms with Gasteiger partial charge in [0.05, 0.1) is 12.4 Å². The van der Waals surface area contributed by atoms with Gasteiger partial charge in [-0.25, -0.2) is 0 Å². The van der Waals surface area contributed by atoms with Gasteiger partial charge in [0.2, 0.25) is 0 Å². The molecule has 0 aliphatic heterocycles. The molecule has 0 saturated carbocycles. The largest absolute Gasteiger partial charge is 0.465 e. The summed E-state index contributed by atoms with van der Waals surface area (Å²) in [5.41, 5.74) is 0. The van der Waals surface area contributed by atoms with Crippen molar-refractivity contribution < 1.29 is 9.53 Å². The number of thioether (sulfide) groups is 1. The lowest BCUT2D eigenvalue weighted by atomic mass is 10.1. The molecular formula is C13H17ClO2S. The predicted molar refractivity (Wildman–Crippen MR) is 72.6 cm³/mol. The lowest BCUT2D eigenvalue weighted by Gasteiger charge is -2.06. The zero-order chi connectivity index (χ0) is 12.7. The Balaban J connectivity index is 2.21. The fourth-order valence-corrected chi connectivity index (χ4v) is 1.95. The summed E-state index contributed by atoms with van der Waals surface area (Å²) in [6, 6.07) is 7.42. The molecule has 0 heterocycles. The highest BCUT2D eigenvalue weighted by atomic mass is 35.5. The fraction of sp³-hybridized carbons (Fsp3) is 0.462. The van der Waals surface area contributed by atoms with Crippen molar-refractivity contribution in [2.75, 3.05) is 12.4 Å². The van der Waals surface area contributed by atoms with E-state index in [1.807, 2.05) is 24.3 Å². The molecule has 1 aromatic carbocycles. The molecule has 0 radical (unpaired) electrons. The third kappa shape index (κ3) is 6.59. The Hall–Kier alpha value is -0.670. The van der Waals surface area contributed by atoms with Crippen molar-refractivity contribution in [2.45, 2.75) is 25.2 Å². The second-order valence-corrected chi connectivity index (χ2v) is 5.63. The molecule has 0 atom stereocenters. The van der Waals surface area contributed by atoms with Crippen molar-refractivity contribution in [3.8, 4) is 0 Å². The number of benzene rings is 1. The van der Waals surface area contributed by atoms with E-state index in [9.17, 15) is 4.79 Å². The van der Waals surface area contributed by atoms with E-state index in [2.05, 4.69) is 13.8 Å². The van der Waals surface area contributed by atoms with Gasteiger partial charge in [0.15, 0.2) is 0 Å². The number of ether oxygens (including phenoxy) is 1. The van der Waals surface area contributed by atoms with Gasteiger partial charge in [-0.1, -0.05) is 25.4 Å². The molecule has 0 N–H and O–H groups in total. The third-order valence-electron chi connectivity index (χ3n) is 2.13. The molecule has 0 aliphatic carbocycles. The standard InChI is InChI=1S/C13H17ClO2S/c1-10(2)7-8-16-13(15)9-17-12-5-3-11(14)4-6-12/h3-6,10H,7-9H2,1-2H3. The maximum Gasteiger partial charge on any atom is 0.316 e. The summed E-state index contributed by atoms with van der Waals surface area (Å²) in [7, 11) is 0. The van der Waals surface area contributed by atoms with Gasteiger partial charge in [-0.3, -0.25) is 4.79 Å². The van der Waals surface area contributed by atoms with E-state index in [0.29, 0.717) is 23.3 Å². The number of hydrogen-bond acceptors (Lipinski definition) is 3. The summed E-state index contributed by atoms with van der Waals surface area (Å²) >= 11 is 7.23. The zero-order valence-corrected chi connectivity index (χ0v) is 11.7. The minimum absolute atomic E-state index is 0.161. The van der Waals surface area contributed by atoms with Crippen molar-refractivity contribution in [2.24, 2.45) is 5.92 Å². The van der Waals surface area contributed by atoms with Gasteiger partial charge in [0.25, 0.3) is 0 Å². The first kappa shape index (κ1) is 14.4. The Morgan fingerprint density at radius 2 is 2.00 bits per heavy atom. The van der Waals surface area contributed by atoms with Gasteiger partial charge in [-0.05, 0) is 36.6 Å². The van der Waals surface area contributed by atoms with Crippen LogP contribution in [0.2, 0.25) is 5.02 Å². The molecular weight excluding hydrogens is 256 g/mol. The molecule has 0 unspecified atom stereocenters. The second-order valence-electron chi connectivity index (χ2n) is 4.15. The Morgan fingerprint density at radius 3 is 2.59 bits per heavy atom. The summed E-state index contributed by atoms with van der Waals surface area (Å²) in [6.45, 7) is 4.73. The number of hydrogen-bond donors (Lipinski definition) is 0. The molecule has 0 bridgehead atoms. The van der Waals surface area contributed by atoms with E-state index < -0.39 is 0 Å². The molecule has 4 heteroatoms. The van der Waals surface area contributed by atoms with Crippen molar-refractivity contribution in [1.82, 2.24) is 0 Å². The highest BCUT2D eigenvalue weighted by Crippen LogP contribution is 2.20. The van der Waals surface area contributed by atoms with Crippen molar-refractivity contribution >= 4 is 29.3 Å². The summed E-state index contributed by atoms with van der Waals surface area (Å²) in [5.74, 6) is 0.747. The van der Waals surface area contributed by atoms with Crippen LogP contribution in [0.1, 0.15) is 20.3 Å². The topological polar surface area (TPSA) is 26.3 Å². The first-order valence-corrected chi connectivity index (χ1v) is 6.98. The lowest BCUT2D eigenvalue weighted by molar-refractivity contribution is -0.140. The molecule has 0 amide bonds. The molecule has 17 heavy (non-hydrogen) atoms. The van der Waals surface area contributed by atoms with Crippen molar-refractivity contribution in [3.63, 3.8) is 0 Å². The van der Waals surface area contributed by atoms with Crippen LogP contribution in [-0.2, 0) is 9.53 Å². The molecule has 1 aromatic rings. The molecule has 1 rings (SSSR count). The Bertz CT molecular complexity index is 349.